The molecule has 0 aliphatic carbocycles. The van der Waals surface area contributed by atoms with Crippen molar-refractivity contribution >= 4 is 33.3 Å². The van der Waals surface area contributed by atoms with Crippen molar-refractivity contribution in [1.82, 2.24) is 14.9 Å². The van der Waals surface area contributed by atoms with Crippen LogP contribution < -0.4 is 10.5 Å². The van der Waals surface area contributed by atoms with E-state index in [4.69, 9.17) is 10.5 Å². The topological polar surface area (TPSA) is 81.3 Å². The number of aromatic nitrogens is 2. The molecular weight excluding hydrogens is 348 g/mol. The van der Waals surface area contributed by atoms with E-state index in [1.54, 1.807) is 11.3 Å². The highest BCUT2D eigenvalue weighted by Crippen LogP contribution is 2.36. The van der Waals surface area contributed by atoms with E-state index < -0.39 is 0 Å². The number of benzene rings is 1. The van der Waals surface area contributed by atoms with Gasteiger partial charge in [0, 0.05) is 17.0 Å². The first-order valence-electron chi connectivity index (χ1n) is 8.59. The van der Waals surface area contributed by atoms with Crippen LogP contribution in [-0.4, -0.2) is 33.4 Å². The number of nitrogen functional groups attached to an aromatic ring is 1. The van der Waals surface area contributed by atoms with Gasteiger partial charge >= 0.3 is 0 Å². The number of hydrogen-bond acceptors (Lipinski definition) is 6. The van der Waals surface area contributed by atoms with Crippen molar-refractivity contribution in [2.75, 3.05) is 12.3 Å². The molecule has 2 N–H and O–H groups in total. The van der Waals surface area contributed by atoms with Crippen molar-refractivity contribution in [1.29, 1.82) is 0 Å². The van der Waals surface area contributed by atoms with Crippen LogP contribution in [0, 0.1) is 0 Å². The van der Waals surface area contributed by atoms with Crippen LogP contribution in [0.5, 0.6) is 5.75 Å². The molecule has 3 aromatic rings. The quantitative estimate of drug-likeness (QED) is 0.767. The summed E-state index contributed by atoms with van der Waals surface area (Å²) in [7, 11) is 0. The summed E-state index contributed by atoms with van der Waals surface area (Å²) in [6.07, 6.45) is 2.37. The van der Waals surface area contributed by atoms with Gasteiger partial charge < -0.3 is 15.4 Å². The molecular formula is C19H20N4O2S. The van der Waals surface area contributed by atoms with E-state index in [1.165, 1.54) is 11.9 Å². The number of hydrogen-bond donors (Lipinski definition) is 1. The van der Waals surface area contributed by atoms with Crippen molar-refractivity contribution in [3.05, 3.63) is 46.6 Å². The van der Waals surface area contributed by atoms with Gasteiger partial charge in [0.15, 0.2) is 0 Å². The molecule has 0 saturated carbocycles. The standard InChI is InChI=1S/C19H20N4O2S/c1-11(2)25-13-5-3-12(4-6-13)19(24)23-8-7-14-15(9-23)26-18-16(14)17(20)21-10-22-18/h3-6,10-11H,7-9H2,1-2H3,(H2,20,21,22). The van der Waals surface area contributed by atoms with Gasteiger partial charge in [0.25, 0.3) is 5.91 Å². The van der Waals surface area contributed by atoms with Gasteiger partial charge in [-0.2, -0.15) is 0 Å². The van der Waals surface area contributed by atoms with Gasteiger partial charge in [-0.15, -0.1) is 11.3 Å². The molecule has 2 aromatic heterocycles. The molecule has 4 rings (SSSR count). The lowest BCUT2D eigenvalue weighted by Crippen LogP contribution is -2.35. The first-order valence-corrected chi connectivity index (χ1v) is 9.41. The molecule has 0 fully saturated rings. The zero-order valence-electron chi connectivity index (χ0n) is 14.7. The first kappa shape index (κ1) is 16.8. The molecule has 0 radical (unpaired) electrons. The third-order valence-corrected chi connectivity index (χ3v) is 5.55. The number of rotatable bonds is 3. The molecule has 0 atom stereocenters. The third kappa shape index (κ3) is 2.99. The molecule has 7 heteroatoms. The fraction of sp³-hybridized carbons (Fsp3) is 0.316. The van der Waals surface area contributed by atoms with E-state index in [0.717, 1.165) is 27.3 Å². The fourth-order valence-corrected chi connectivity index (χ4v) is 4.47. The van der Waals surface area contributed by atoms with E-state index in [9.17, 15) is 4.79 Å². The number of nitrogens with zero attached hydrogens (tertiary/aromatic N) is 3. The van der Waals surface area contributed by atoms with E-state index in [-0.39, 0.29) is 12.0 Å². The maximum Gasteiger partial charge on any atom is 0.254 e. The summed E-state index contributed by atoms with van der Waals surface area (Å²) in [6, 6.07) is 7.34. The molecule has 0 unspecified atom stereocenters. The smallest absolute Gasteiger partial charge is 0.254 e. The molecule has 0 saturated heterocycles. The Labute approximate surface area is 155 Å². The van der Waals surface area contributed by atoms with Crippen molar-refractivity contribution < 1.29 is 9.53 Å². The van der Waals surface area contributed by atoms with Crippen LogP contribution >= 0.6 is 11.3 Å². The summed E-state index contributed by atoms with van der Waals surface area (Å²) in [5.74, 6) is 1.33. The Morgan fingerprint density at radius 1 is 1.27 bits per heavy atom. The van der Waals surface area contributed by atoms with Gasteiger partial charge in [0.1, 0.15) is 22.7 Å². The van der Waals surface area contributed by atoms with Gasteiger partial charge in [-0.3, -0.25) is 4.79 Å². The number of ether oxygens (including phenoxy) is 1. The molecule has 1 amide bonds. The van der Waals surface area contributed by atoms with E-state index >= 15 is 0 Å². The largest absolute Gasteiger partial charge is 0.491 e. The number of fused-ring (bicyclic) bond motifs is 3. The van der Waals surface area contributed by atoms with E-state index in [2.05, 4.69) is 9.97 Å². The number of carbonyl (C=O) groups is 1. The molecule has 1 aromatic carbocycles. The Hall–Kier alpha value is -2.67. The molecule has 134 valence electrons. The lowest BCUT2D eigenvalue weighted by Gasteiger charge is -2.27. The predicted octanol–water partition coefficient (Wildman–Crippen LogP) is 3.26. The molecule has 3 heterocycles. The SMILES string of the molecule is CC(C)Oc1ccc(C(=O)N2CCc3c(sc4ncnc(N)c34)C2)cc1. The third-order valence-electron chi connectivity index (χ3n) is 4.43. The fourth-order valence-electron chi connectivity index (χ4n) is 3.26. The summed E-state index contributed by atoms with van der Waals surface area (Å²) < 4.78 is 5.64. The van der Waals surface area contributed by atoms with Crippen molar-refractivity contribution in [3.8, 4) is 5.75 Å². The van der Waals surface area contributed by atoms with Gasteiger partial charge in [-0.25, -0.2) is 9.97 Å². The number of nitrogens with two attached hydrogens (primary N) is 1. The highest BCUT2D eigenvalue weighted by molar-refractivity contribution is 7.19. The van der Waals surface area contributed by atoms with Gasteiger partial charge in [0.05, 0.1) is 18.0 Å². The van der Waals surface area contributed by atoms with Crippen LogP contribution in [0.25, 0.3) is 10.2 Å². The molecule has 0 bridgehead atoms. The minimum absolute atomic E-state index is 0.0308. The van der Waals surface area contributed by atoms with Gasteiger partial charge in [-0.05, 0) is 50.1 Å². The maximum absolute atomic E-state index is 12.9. The Morgan fingerprint density at radius 2 is 2.04 bits per heavy atom. The van der Waals surface area contributed by atoms with Crippen molar-refractivity contribution in [3.63, 3.8) is 0 Å². The van der Waals surface area contributed by atoms with Crippen LogP contribution in [0.4, 0.5) is 5.82 Å². The minimum Gasteiger partial charge on any atom is -0.491 e. The predicted molar refractivity (Wildman–Crippen MR) is 102 cm³/mol. The van der Waals surface area contributed by atoms with Crippen LogP contribution in [0.1, 0.15) is 34.6 Å². The Bertz CT molecular complexity index is 966. The lowest BCUT2D eigenvalue weighted by molar-refractivity contribution is 0.0737. The summed E-state index contributed by atoms with van der Waals surface area (Å²) in [4.78, 5) is 25.2. The normalized spacial score (nSPS) is 13.9. The Kier molecular flexibility index (Phi) is 4.24. The highest BCUT2D eigenvalue weighted by atomic mass is 32.1. The molecule has 6 nitrogen and oxygen atoms in total. The van der Waals surface area contributed by atoms with Crippen molar-refractivity contribution in [2.24, 2.45) is 0 Å². The Balaban J connectivity index is 1.56. The second-order valence-electron chi connectivity index (χ2n) is 6.61. The zero-order chi connectivity index (χ0) is 18.3. The van der Waals surface area contributed by atoms with Gasteiger partial charge in [0.2, 0.25) is 0 Å². The average molecular weight is 368 g/mol. The van der Waals surface area contributed by atoms with E-state index in [0.29, 0.717) is 24.5 Å². The number of thiophene rings is 1. The molecule has 0 spiro atoms. The highest BCUT2D eigenvalue weighted by Gasteiger charge is 2.26. The van der Waals surface area contributed by atoms with Crippen LogP contribution in [0.15, 0.2) is 30.6 Å². The Morgan fingerprint density at radius 3 is 2.77 bits per heavy atom. The monoisotopic (exact) mass is 368 g/mol. The summed E-state index contributed by atoms with van der Waals surface area (Å²) >= 11 is 1.59. The van der Waals surface area contributed by atoms with Crippen LogP contribution in [-0.2, 0) is 13.0 Å². The minimum atomic E-state index is 0.0308. The zero-order valence-corrected chi connectivity index (χ0v) is 15.5. The van der Waals surface area contributed by atoms with Crippen molar-refractivity contribution in [2.45, 2.75) is 32.9 Å². The summed E-state index contributed by atoms with van der Waals surface area (Å²) in [6.45, 7) is 5.20. The average Bonchev–Trinajstić information content (AvgIpc) is 3.00. The second kappa shape index (κ2) is 6.57. The second-order valence-corrected chi connectivity index (χ2v) is 7.69. The van der Waals surface area contributed by atoms with Crippen LogP contribution in [0.3, 0.4) is 0 Å². The molecule has 1 aliphatic rings. The van der Waals surface area contributed by atoms with Crippen LogP contribution in [0.2, 0.25) is 0 Å². The number of carbonyl (C=O) groups excluding carboxylic acids is 1. The van der Waals surface area contributed by atoms with Gasteiger partial charge in [-0.1, -0.05) is 0 Å². The number of anilines is 1. The number of amides is 1. The lowest BCUT2D eigenvalue weighted by atomic mass is 10.0. The molecule has 26 heavy (non-hydrogen) atoms. The van der Waals surface area contributed by atoms with E-state index in [1.807, 2.05) is 43.0 Å². The molecule has 1 aliphatic heterocycles. The summed E-state index contributed by atoms with van der Waals surface area (Å²) in [5.41, 5.74) is 7.88. The maximum atomic E-state index is 12.9. The summed E-state index contributed by atoms with van der Waals surface area (Å²) in [5, 5.41) is 0.954. The first-order chi connectivity index (χ1) is 12.5.